The van der Waals surface area contributed by atoms with Gasteiger partial charge in [0, 0.05) is 48.0 Å². The number of imide groups is 1. The molecule has 162 valence electrons. The van der Waals surface area contributed by atoms with E-state index in [1.165, 1.54) is 0 Å². The van der Waals surface area contributed by atoms with Crippen LogP contribution >= 0.6 is 0 Å². The molecule has 3 rings (SSSR count). The highest BCUT2D eigenvalue weighted by Gasteiger charge is 2.34. The maximum absolute atomic E-state index is 13.0. The number of unbranched alkanes of at least 4 members (excludes halogenated alkanes) is 3. The van der Waals surface area contributed by atoms with Gasteiger partial charge < -0.3 is 11.1 Å². The fourth-order valence-corrected chi connectivity index (χ4v) is 4.25. The molecule has 0 spiro atoms. The number of rotatable bonds is 10. The molecule has 30 heavy (non-hydrogen) atoms. The van der Waals surface area contributed by atoms with Crippen LogP contribution in [0.25, 0.3) is 0 Å². The number of nitrogens with two attached hydrogens (primary N) is 1. The average Bonchev–Trinajstić information content (AvgIpc) is 2.73. The number of piperidine rings is 1. The molecule has 0 radical (unpaired) electrons. The van der Waals surface area contributed by atoms with Crippen molar-refractivity contribution in [2.45, 2.75) is 57.8 Å². The van der Waals surface area contributed by atoms with Crippen LogP contribution in [0.3, 0.4) is 0 Å². The van der Waals surface area contributed by atoms with Crippen molar-refractivity contribution in [3.05, 3.63) is 29.3 Å². The fourth-order valence-electron chi connectivity index (χ4n) is 4.25. The maximum Gasteiger partial charge on any atom is 0.229 e. The average molecular weight is 414 g/mol. The van der Waals surface area contributed by atoms with Crippen LogP contribution in [0.4, 0.5) is 5.69 Å². The smallest absolute Gasteiger partial charge is 0.229 e. The van der Waals surface area contributed by atoms with Gasteiger partial charge in [-0.25, -0.2) is 0 Å². The number of Topliss-reactive ketones (excluding diaryl/α,β-unsaturated/α-hetero) is 2. The molecule has 4 N–H and O–H groups in total. The minimum Gasteiger partial charge on any atom is -0.385 e. The normalized spacial score (nSPS) is 21.4. The Morgan fingerprint density at radius 3 is 2.50 bits per heavy atom. The molecule has 2 atom stereocenters. The molecule has 7 nitrogen and oxygen atoms in total. The van der Waals surface area contributed by atoms with Gasteiger partial charge >= 0.3 is 0 Å². The second-order valence-electron chi connectivity index (χ2n) is 8.30. The van der Waals surface area contributed by atoms with Crippen LogP contribution in [-0.2, 0) is 9.59 Å². The van der Waals surface area contributed by atoms with Crippen molar-refractivity contribution >= 4 is 29.1 Å². The zero-order valence-corrected chi connectivity index (χ0v) is 17.4. The number of fused-ring (bicyclic) bond motifs is 1. The van der Waals surface area contributed by atoms with Crippen molar-refractivity contribution in [3.8, 4) is 0 Å². The largest absolute Gasteiger partial charge is 0.385 e. The molecule has 2 aliphatic rings. The third kappa shape index (κ3) is 5.53. The molecular formula is C23H31N3O4. The highest BCUT2D eigenvalue weighted by molar-refractivity contribution is 6.15. The molecule has 1 fully saturated rings. The summed E-state index contributed by atoms with van der Waals surface area (Å²) in [6.07, 6.45) is 6.31. The lowest BCUT2D eigenvalue weighted by molar-refractivity contribution is -0.136. The molecule has 0 saturated carbocycles. The lowest BCUT2D eigenvalue weighted by Gasteiger charge is -2.26. The predicted octanol–water partition coefficient (Wildman–Crippen LogP) is 2.84. The van der Waals surface area contributed by atoms with Crippen LogP contribution < -0.4 is 16.4 Å². The van der Waals surface area contributed by atoms with E-state index in [-0.39, 0.29) is 35.7 Å². The second-order valence-corrected chi connectivity index (χ2v) is 8.30. The van der Waals surface area contributed by atoms with E-state index in [9.17, 15) is 19.2 Å². The van der Waals surface area contributed by atoms with Crippen LogP contribution in [0.2, 0.25) is 0 Å². The molecule has 0 aromatic heterocycles. The summed E-state index contributed by atoms with van der Waals surface area (Å²) in [4.78, 5) is 48.8. The number of anilines is 1. The van der Waals surface area contributed by atoms with Crippen LogP contribution in [0, 0.1) is 11.8 Å². The molecule has 1 saturated heterocycles. The first kappa shape index (κ1) is 22.2. The van der Waals surface area contributed by atoms with Crippen molar-refractivity contribution < 1.29 is 19.2 Å². The first-order chi connectivity index (χ1) is 14.5. The molecule has 1 heterocycles. The van der Waals surface area contributed by atoms with Gasteiger partial charge in [0.05, 0.1) is 0 Å². The Bertz CT molecular complexity index is 821. The highest BCUT2D eigenvalue weighted by atomic mass is 16.2. The molecule has 2 unspecified atom stereocenters. The summed E-state index contributed by atoms with van der Waals surface area (Å²) >= 11 is 0. The first-order valence-corrected chi connectivity index (χ1v) is 11.0. The van der Waals surface area contributed by atoms with Crippen molar-refractivity contribution in [2.75, 3.05) is 18.4 Å². The summed E-state index contributed by atoms with van der Waals surface area (Å²) in [5, 5.41) is 5.69. The number of nitrogens with one attached hydrogen (secondary N) is 2. The van der Waals surface area contributed by atoms with Crippen LogP contribution in [0.1, 0.15) is 78.5 Å². The SMILES string of the molecule is NCCCCCCNc1ccc2c(c1)C(=O)C(CCC1CCC(=O)NC1=O)CC2=O. The van der Waals surface area contributed by atoms with Gasteiger partial charge in [0.1, 0.15) is 0 Å². The third-order valence-corrected chi connectivity index (χ3v) is 6.06. The number of hydrogen-bond donors (Lipinski definition) is 3. The Kier molecular flexibility index (Phi) is 7.74. The van der Waals surface area contributed by atoms with Gasteiger partial charge in [-0.15, -0.1) is 0 Å². The van der Waals surface area contributed by atoms with E-state index < -0.39 is 5.92 Å². The highest BCUT2D eigenvalue weighted by Crippen LogP contribution is 2.32. The monoisotopic (exact) mass is 413 g/mol. The summed E-state index contributed by atoms with van der Waals surface area (Å²) in [5.74, 6) is -1.22. The molecule has 7 heteroatoms. The zero-order chi connectivity index (χ0) is 21.5. The molecule has 1 aliphatic heterocycles. The van der Waals surface area contributed by atoms with Gasteiger partial charge in [0.15, 0.2) is 11.6 Å². The quantitative estimate of drug-likeness (QED) is 0.401. The molecule has 2 amide bonds. The van der Waals surface area contributed by atoms with E-state index in [0.29, 0.717) is 36.8 Å². The number of amides is 2. The van der Waals surface area contributed by atoms with E-state index in [2.05, 4.69) is 10.6 Å². The molecule has 1 aliphatic carbocycles. The Hall–Kier alpha value is -2.54. The number of hydrogen-bond acceptors (Lipinski definition) is 6. The summed E-state index contributed by atoms with van der Waals surface area (Å²) in [6, 6.07) is 5.38. The van der Waals surface area contributed by atoms with Gasteiger partial charge in [-0.2, -0.15) is 0 Å². The topological polar surface area (TPSA) is 118 Å². The lowest BCUT2D eigenvalue weighted by Crippen LogP contribution is -2.41. The van der Waals surface area contributed by atoms with Crippen molar-refractivity contribution in [2.24, 2.45) is 17.6 Å². The Morgan fingerprint density at radius 1 is 0.967 bits per heavy atom. The van der Waals surface area contributed by atoms with Gasteiger partial charge in [-0.1, -0.05) is 12.8 Å². The minimum atomic E-state index is -0.401. The molecular weight excluding hydrogens is 382 g/mol. The lowest BCUT2D eigenvalue weighted by atomic mass is 9.78. The first-order valence-electron chi connectivity index (χ1n) is 11.0. The number of carbonyl (C=O) groups is 4. The maximum atomic E-state index is 13.0. The van der Waals surface area contributed by atoms with Crippen LogP contribution in [0.5, 0.6) is 0 Å². The Balaban J connectivity index is 1.57. The third-order valence-electron chi connectivity index (χ3n) is 6.06. The fraction of sp³-hybridized carbons (Fsp3) is 0.565. The minimum absolute atomic E-state index is 0.0220. The van der Waals surface area contributed by atoms with E-state index in [0.717, 1.165) is 44.5 Å². The van der Waals surface area contributed by atoms with Crippen LogP contribution in [0.15, 0.2) is 18.2 Å². The molecule has 0 bridgehead atoms. The van der Waals surface area contributed by atoms with Crippen molar-refractivity contribution in [1.82, 2.24) is 5.32 Å². The van der Waals surface area contributed by atoms with Gasteiger partial charge in [0.25, 0.3) is 0 Å². The summed E-state index contributed by atoms with van der Waals surface area (Å²) in [7, 11) is 0. The molecule has 1 aromatic rings. The van der Waals surface area contributed by atoms with E-state index in [1.807, 2.05) is 6.07 Å². The van der Waals surface area contributed by atoms with Crippen LogP contribution in [-0.4, -0.2) is 36.5 Å². The number of benzene rings is 1. The Morgan fingerprint density at radius 2 is 1.73 bits per heavy atom. The van der Waals surface area contributed by atoms with Crippen molar-refractivity contribution in [3.63, 3.8) is 0 Å². The predicted molar refractivity (Wildman–Crippen MR) is 114 cm³/mol. The van der Waals surface area contributed by atoms with E-state index in [1.54, 1.807) is 12.1 Å². The number of carbonyl (C=O) groups excluding carboxylic acids is 4. The standard InChI is InChI=1S/C23H31N3O4/c24-11-3-1-2-4-12-25-17-8-9-18-19(14-17)22(29)16(13-20(18)27)6-5-15-7-10-21(28)26-23(15)30/h8-9,14-16,25H,1-7,10-13,24H2,(H,26,28,30). The van der Waals surface area contributed by atoms with Crippen molar-refractivity contribution in [1.29, 1.82) is 0 Å². The molecule has 1 aromatic carbocycles. The second kappa shape index (κ2) is 10.5. The van der Waals surface area contributed by atoms with Gasteiger partial charge in [-0.05, 0) is 56.8 Å². The number of ketones is 2. The zero-order valence-electron chi connectivity index (χ0n) is 17.4. The summed E-state index contributed by atoms with van der Waals surface area (Å²) in [5.41, 5.74) is 7.32. The van der Waals surface area contributed by atoms with Gasteiger partial charge in [-0.3, -0.25) is 24.5 Å². The van der Waals surface area contributed by atoms with Gasteiger partial charge in [0.2, 0.25) is 11.8 Å². The Labute approximate surface area is 177 Å². The van der Waals surface area contributed by atoms with E-state index >= 15 is 0 Å². The van der Waals surface area contributed by atoms with E-state index in [4.69, 9.17) is 5.73 Å². The summed E-state index contributed by atoms with van der Waals surface area (Å²) < 4.78 is 0. The summed E-state index contributed by atoms with van der Waals surface area (Å²) in [6.45, 7) is 1.53.